The summed E-state index contributed by atoms with van der Waals surface area (Å²) in [6.45, 7) is 15.2. The van der Waals surface area contributed by atoms with Gasteiger partial charge in [-0.2, -0.15) is 0 Å². The summed E-state index contributed by atoms with van der Waals surface area (Å²) in [7, 11) is 0. The Bertz CT molecular complexity index is 325. The van der Waals surface area contributed by atoms with Gasteiger partial charge in [0.2, 0.25) is 0 Å². The van der Waals surface area contributed by atoms with Crippen molar-refractivity contribution in [2.75, 3.05) is 0 Å². The van der Waals surface area contributed by atoms with Crippen molar-refractivity contribution >= 4 is 5.78 Å². The maximum absolute atomic E-state index is 12.0. The molecular weight excluding hydrogens is 256 g/mol. The van der Waals surface area contributed by atoms with Crippen LogP contribution in [-0.2, 0) is 4.79 Å². The number of Topliss-reactive ketones (excluding diaryl/α,β-unsaturated/α-hetero) is 1. The molecule has 0 heterocycles. The summed E-state index contributed by atoms with van der Waals surface area (Å²) in [5.41, 5.74) is 1.66. The maximum atomic E-state index is 12.0. The number of allylic oxidation sites excluding steroid dienone is 2. The molecule has 0 bridgehead atoms. The molecule has 0 spiro atoms. The lowest BCUT2D eigenvalue weighted by atomic mass is 9.59. The highest BCUT2D eigenvalue weighted by atomic mass is 16.1. The van der Waals surface area contributed by atoms with Crippen LogP contribution in [-0.4, -0.2) is 5.78 Å². The largest absolute Gasteiger partial charge is 0.299 e. The van der Waals surface area contributed by atoms with Crippen LogP contribution < -0.4 is 0 Å². The van der Waals surface area contributed by atoms with Gasteiger partial charge >= 0.3 is 0 Å². The lowest BCUT2D eigenvalue weighted by molar-refractivity contribution is -0.131. The summed E-state index contributed by atoms with van der Waals surface area (Å²) < 4.78 is 0. The highest BCUT2D eigenvalue weighted by molar-refractivity contribution is 5.82. The molecule has 0 saturated heterocycles. The van der Waals surface area contributed by atoms with Gasteiger partial charge in [0.15, 0.2) is 0 Å². The molecule has 124 valence electrons. The van der Waals surface area contributed by atoms with Crippen molar-refractivity contribution in [3.8, 4) is 0 Å². The van der Waals surface area contributed by atoms with Crippen molar-refractivity contribution < 1.29 is 4.79 Å². The standard InChI is InChI=1S/C18H32O.C2H6/c1-6-16(11-8-7-10-14(2)3)18(5)13-9-12-17(19)15(18)4;1-2/h10,15-16H,6-9,11-13H2,1-5H3;1-2H3. The van der Waals surface area contributed by atoms with E-state index in [1.165, 1.54) is 37.7 Å². The Hall–Kier alpha value is -0.590. The van der Waals surface area contributed by atoms with Gasteiger partial charge in [-0.05, 0) is 57.3 Å². The van der Waals surface area contributed by atoms with Gasteiger partial charge < -0.3 is 0 Å². The summed E-state index contributed by atoms with van der Waals surface area (Å²) in [5.74, 6) is 1.46. The Labute approximate surface area is 133 Å². The van der Waals surface area contributed by atoms with Gasteiger partial charge in [0.05, 0.1) is 0 Å². The van der Waals surface area contributed by atoms with Crippen LogP contribution in [0.25, 0.3) is 0 Å². The zero-order valence-corrected chi connectivity index (χ0v) is 15.6. The zero-order valence-electron chi connectivity index (χ0n) is 15.6. The second kappa shape index (κ2) is 10.2. The molecule has 0 aromatic carbocycles. The third-order valence-electron chi connectivity index (χ3n) is 5.35. The van der Waals surface area contributed by atoms with Gasteiger partial charge in [0, 0.05) is 12.3 Å². The minimum atomic E-state index is 0.245. The lowest BCUT2D eigenvalue weighted by Crippen LogP contribution is -2.41. The molecule has 0 aromatic heterocycles. The molecular formula is C20H38O. The van der Waals surface area contributed by atoms with E-state index in [0.29, 0.717) is 11.7 Å². The van der Waals surface area contributed by atoms with Gasteiger partial charge in [-0.1, -0.05) is 52.7 Å². The molecule has 1 rings (SSSR count). The first kappa shape index (κ1) is 20.4. The number of carbonyl (C=O) groups is 1. The minimum Gasteiger partial charge on any atom is -0.299 e. The molecule has 3 atom stereocenters. The first-order chi connectivity index (χ1) is 9.91. The van der Waals surface area contributed by atoms with Crippen molar-refractivity contribution in [1.29, 1.82) is 0 Å². The Kier molecular flexibility index (Phi) is 9.90. The van der Waals surface area contributed by atoms with Crippen molar-refractivity contribution in [2.45, 2.75) is 93.4 Å². The average Bonchev–Trinajstić information content (AvgIpc) is 2.46. The third kappa shape index (κ3) is 5.96. The van der Waals surface area contributed by atoms with E-state index in [0.717, 1.165) is 12.8 Å². The fraction of sp³-hybridized carbons (Fsp3) is 0.850. The highest BCUT2D eigenvalue weighted by Gasteiger charge is 2.43. The van der Waals surface area contributed by atoms with E-state index in [1.54, 1.807) is 0 Å². The van der Waals surface area contributed by atoms with Crippen LogP contribution in [0.2, 0.25) is 0 Å². The molecule has 0 amide bonds. The van der Waals surface area contributed by atoms with Crippen molar-refractivity contribution in [3.05, 3.63) is 11.6 Å². The average molecular weight is 295 g/mol. The van der Waals surface area contributed by atoms with Gasteiger partial charge in [-0.3, -0.25) is 4.79 Å². The van der Waals surface area contributed by atoms with Crippen LogP contribution in [0.15, 0.2) is 11.6 Å². The quantitative estimate of drug-likeness (QED) is 0.400. The number of carbonyl (C=O) groups excluding carboxylic acids is 1. The molecule has 21 heavy (non-hydrogen) atoms. The number of ketones is 1. The molecule has 0 aromatic rings. The smallest absolute Gasteiger partial charge is 0.136 e. The fourth-order valence-electron chi connectivity index (χ4n) is 3.76. The molecule has 0 N–H and O–H groups in total. The molecule has 3 unspecified atom stereocenters. The van der Waals surface area contributed by atoms with Gasteiger partial charge in [-0.15, -0.1) is 0 Å². The third-order valence-corrected chi connectivity index (χ3v) is 5.35. The molecule has 1 saturated carbocycles. The fourth-order valence-corrected chi connectivity index (χ4v) is 3.76. The number of hydrogen-bond donors (Lipinski definition) is 0. The van der Waals surface area contributed by atoms with Crippen molar-refractivity contribution in [1.82, 2.24) is 0 Å². The first-order valence-corrected chi connectivity index (χ1v) is 9.08. The lowest BCUT2D eigenvalue weighted by Gasteiger charge is -2.45. The summed E-state index contributed by atoms with van der Waals surface area (Å²) in [5, 5.41) is 0. The van der Waals surface area contributed by atoms with E-state index in [-0.39, 0.29) is 11.3 Å². The number of unbranched alkanes of at least 4 members (excludes halogenated alkanes) is 1. The maximum Gasteiger partial charge on any atom is 0.136 e. The SMILES string of the molecule is CC.CCC(CCCC=C(C)C)C1(C)CCCC(=O)C1C. The molecule has 1 aliphatic rings. The van der Waals surface area contributed by atoms with E-state index in [4.69, 9.17) is 0 Å². The second-order valence-corrected chi connectivity index (χ2v) is 6.86. The monoisotopic (exact) mass is 294 g/mol. The Morgan fingerprint density at radius 3 is 2.52 bits per heavy atom. The molecule has 1 nitrogen and oxygen atoms in total. The van der Waals surface area contributed by atoms with Gasteiger partial charge in [-0.25, -0.2) is 0 Å². The summed E-state index contributed by atoms with van der Waals surface area (Å²) in [6.07, 6.45) is 10.4. The van der Waals surface area contributed by atoms with E-state index in [1.807, 2.05) is 13.8 Å². The summed E-state index contributed by atoms with van der Waals surface area (Å²) in [4.78, 5) is 12.0. The van der Waals surface area contributed by atoms with E-state index in [2.05, 4.69) is 40.7 Å². The van der Waals surface area contributed by atoms with E-state index in [9.17, 15) is 4.79 Å². The highest BCUT2D eigenvalue weighted by Crippen LogP contribution is 2.47. The van der Waals surface area contributed by atoms with Crippen LogP contribution >= 0.6 is 0 Å². The predicted molar refractivity (Wildman–Crippen MR) is 94.5 cm³/mol. The normalized spacial score (nSPS) is 26.6. The van der Waals surface area contributed by atoms with Crippen LogP contribution in [0.5, 0.6) is 0 Å². The van der Waals surface area contributed by atoms with E-state index < -0.39 is 0 Å². The number of hydrogen-bond acceptors (Lipinski definition) is 1. The van der Waals surface area contributed by atoms with E-state index >= 15 is 0 Å². The summed E-state index contributed by atoms with van der Waals surface area (Å²) in [6, 6.07) is 0. The van der Waals surface area contributed by atoms with Crippen LogP contribution in [0.4, 0.5) is 0 Å². The molecule has 1 aliphatic carbocycles. The topological polar surface area (TPSA) is 17.1 Å². The Balaban J connectivity index is 0.00000191. The zero-order chi connectivity index (χ0) is 16.5. The molecule has 0 radical (unpaired) electrons. The molecule has 0 aliphatic heterocycles. The molecule has 1 heteroatoms. The Morgan fingerprint density at radius 1 is 1.38 bits per heavy atom. The van der Waals surface area contributed by atoms with Crippen LogP contribution in [0.1, 0.15) is 93.4 Å². The van der Waals surface area contributed by atoms with Crippen molar-refractivity contribution in [3.63, 3.8) is 0 Å². The van der Waals surface area contributed by atoms with Gasteiger partial charge in [0.25, 0.3) is 0 Å². The summed E-state index contributed by atoms with van der Waals surface area (Å²) >= 11 is 0. The van der Waals surface area contributed by atoms with Crippen LogP contribution in [0, 0.1) is 17.3 Å². The number of rotatable bonds is 6. The van der Waals surface area contributed by atoms with Gasteiger partial charge in [0.1, 0.15) is 5.78 Å². The second-order valence-electron chi connectivity index (χ2n) is 6.86. The Morgan fingerprint density at radius 2 is 2.00 bits per heavy atom. The van der Waals surface area contributed by atoms with Crippen molar-refractivity contribution in [2.24, 2.45) is 17.3 Å². The first-order valence-electron chi connectivity index (χ1n) is 9.08. The van der Waals surface area contributed by atoms with Crippen LogP contribution in [0.3, 0.4) is 0 Å². The predicted octanol–water partition coefficient (Wildman–Crippen LogP) is 6.57. The minimum absolute atomic E-state index is 0.245. The molecule has 1 fully saturated rings.